The van der Waals surface area contributed by atoms with E-state index in [1.165, 1.54) is 0 Å². The van der Waals surface area contributed by atoms with Crippen LogP contribution in [0, 0.1) is 18.3 Å². The number of rotatable bonds is 2. The molecule has 15 heavy (non-hydrogen) atoms. The van der Waals surface area contributed by atoms with Gasteiger partial charge in [0.2, 0.25) is 0 Å². The SMILES string of the molecule is CC.CCCc1nc(C)c(C#N)c(N)n1. The molecule has 4 nitrogen and oxygen atoms in total. The Bertz CT molecular complexity index is 329. The van der Waals surface area contributed by atoms with Gasteiger partial charge in [-0.25, -0.2) is 9.97 Å². The van der Waals surface area contributed by atoms with Gasteiger partial charge in [-0.15, -0.1) is 0 Å². The predicted molar refractivity (Wildman–Crippen MR) is 61.2 cm³/mol. The Morgan fingerprint density at radius 2 is 1.93 bits per heavy atom. The first-order chi connectivity index (χ1) is 7.19. The molecule has 1 heterocycles. The molecule has 0 bridgehead atoms. The molecule has 0 aliphatic rings. The van der Waals surface area contributed by atoms with Crippen LogP contribution in [0.5, 0.6) is 0 Å². The Balaban J connectivity index is 0.000000921. The largest absolute Gasteiger partial charge is 0.382 e. The second-order valence-electron chi connectivity index (χ2n) is 2.85. The van der Waals surface area contributed by atoms with Gasteiger partial charge in [0.05, 0.1) is 5.69 Å². The van der Waals surface area contributed by atoms with Crippen molar-refractivity contribution in [3.8, 4) is 6.07 Å². The van der Waals surface area contributed by atoms with Crippen LogP contribution in [-0.2, 0) is 6.42 Å². The lowest BCUT2D eigenvalue weighted by Gasteiger charge is -2.03. The summed E-state index contributed by atoms with van der Waals surface area (Å²) in [5, 5.41) is 8.71. The highest BCUT2D eigenvalue weighted by atomic mass is 14.9. The monoisotopic (exact) mass is 206 g/mol. The maximum absolute atomic E-state index is 8.71. The minimum atomic E-state index is 0.290. The standard InChI is InChI=1S/C9H12N4.C2H6/c1-3-4-8-12-6(2)7(5-10)9(11)13-8;1-2/h3-4H2,1-2H3,(H2,11,12,13);1-2H3. The average molecular weight is 206 g/mol. The highest BCUT2D eigenvalue weighted by Crippen LogP contribution is 2.11. The van der Waals surface area contributed by atoms with Crippen molar-refractivity contribution in [1.82, 2.24) is 9.97 Å². The molecule has 0 fully saturated rings. The van der Waals surface area contributed by atoms with Crippen LogP contribution in [-0.4, -0.2) is 9.97 Å². The average Bonchev–Trinajstić information content (AvgIpc) is 2.21. The minimum absolute atomic E-state index is 0.290. The van der Waals surface area contributed by atoms with E-state index in [-0.39, 0.29) is 0 Å². The molecule has 0 aromatic carbocycles. The molecule has 2 N–H and O–H groups in total. The van der Waals surface area contributed by atoms with E-state index in [0.717, 1.165) is 18.7 Å². The lowest BCUT2D eigenvalue weighted by molar-refractivity contribution is 0.826. The van der Waals surface area contributed by atoms with E-state index in [1.807, 2.05) is 26.8 Å². The Hall–Kier alpha value is -1.63. The number of nitrogens with two attached hydrogens (primary N) is 1. The summed E-state index contributed by atoms with van der Waals surface area (Å²) < 4.78 is 0. The summed E-state index contributed by atoms with van der Waals surface area (Å²) in [5.41, 5.74) is 6.64. The van der Waals surface area contributed by atoms with Gasteiger partial charge < -0.3 is 5.73 Å². The summed E-state index contributed by atoms with van der Waals surface area (Å²) >= 11 is 0. The van der Waals surface area contributed by atoms with Crippen molar-refractivity contribution in [2.45, 2.75) is 40.5 Å². The molecule has 0 atom stereocenters. The van der Waals surface area contributed by atoms with Crippen LogP contribution >= 0.6 is 0 Å². The van der Waals surface area contributed by atoms with E-state index >= 15 is 0 Å². The lowest BCUT2D eigenvalue weighted by atomic mass is 10.2. The third kappa shape index (κ3) is 3.55. The zero-order valence-electron chi connectivity index (χ0n) is 9.83. The minimum Gasteiger partial charge on any atom is -0.382 e. The molecule has 0 spiro atoms. The highest BCUT2D eigenvalue weighted by Gasteiger charge is 2.07. The third-order valence-electron chi connectivity index (χ3n) is 1.75. The van der Waals surface area contributed by atoms with E-state index in [0.29, 0.717) is 17.1 Å². The number of nitrogens with zero attached hydrogens (tertiary/aromatic N) is 3. The number of anilines is 1. The van der Waals surface area contributed by atoms with Crippen molar-refractivity contribution in [2.24, 2.45) is 0 Å². The zero-order valence-corrected chi connectivity index (χ0v) is 9.83. The van der Waals surface area contributed by atoms with E-state index in [1.54, 1.807) is 6.92 Å². The fraction of sp³-hybridized carbons (Fsp3) is 0.545. The first-order valence-electron chi connectivity index (χ1n) is 5.22. The van der Waals surface area contributed by atoms with E-state index in [2.05, 4.69) is 9.97 Å². The molecule has 82 valence electrons. The van der Waals surface area contributed by atoms with Crippen LogP contribution < -0.4 is 5.73 Å². The predicted octanol–water partition coefficient (Wildman–Crippen LogP) is 2.22. The molecule has 4 heteroatoms. The van der Waals surface area contributed by atoms with E-state index in [4.69, 9.17) is 11.0 Å². The Morgan fingerprint density at radius 1 is 1.33 bits per heavy atom. The molecule has 0 aliphatic heterocycles. The molecule has 1 aromatic rings. The van der Waals surface area contributed by atoms with Crippen LogP contribution in [0.4, 0.5) is 5.82 Å². The van der Waals surface area contributed by atoms with Crippen LogP contribution in [0.3, 0.4) is 0 Å². The van der Waals surface area contributed by atoms with Crippen LogP contribution in [0.15, 0.2) is 0 Å². The normalized spacial score (nSPS) is 8.73. The van der Waals surface area contributed by atoms with Crippen molar-refractivity contribution >= 4 is 5.82 Å². The molecule has 0 amide bonds. The topological polar surface area (TPSA) is 75.6 Å². The number of aryl methyl sites for hydroxylation is 2. The van der Waals surface area contributed by atoms with Crippen molar-refractivity contribution < 1.29 is 0 Å². The van der Waals surface area contributed by atoms with Gasteiger partial charge in [-0.3, -0.25) is 0 Å². The third-order valence-corrected chi connectivity index (χ3v) is 1.75. The van der Waals surface area contributed by atoms with Gasteiger partial charge in [0, 0.05) is 6.42 Å². The molecule has 0 radical (unpaired) electrons. The second kappa shape index (κ2) is 6.77. The fourth-order valence-corrected chi connectivity index (χ4v) is 1.13. The van der Waals surface area contributed by atoms with Crippen LogP contribution in [0.25, 0.3) is 0 Å². The Morgan fingerprint density at radius 3 is 2.33 bits per heavy atom. The second-order valence-corrected chi connectivity index (χ2v) is 2.85. The van der Waals surface area contributed by atoms with Crippen LogP contribution in [0.1, 0.15) is 44.3 Å². The summed E-state index contributed by atoms with van der Waals surface area (Å²) in [6, 6.07) is 1.98. The number of hydrogen-bond donors (Lipinski definition) is 1. The first-order valence-corrected chi connectivity index (χ1v) is 5.22. The molecule has 0 unspecified atom stereocenters. The highest BCUT2D eigenvalue weighted by molar-refractivity contribution is 5.50. The van der Waals surface area contributed by atoms with Crippen molar-refractivity contribution in [1.29, 1.82) is 5.26 Å². The lowest BCUT2D eigenvalue weighted by Crippen LogP contribution is -2.05. The van der Waals surface area contributed by atoms with Gasteiger partial charge in [-0.1, -0.05) is 20.8 Å². The van der Waals surface area contributed by atoms with Gasteiger partial charge in [0.15, 0.2) is 0 Å². The molecule has 1 rings (SSSR count). The zero-order chi connectivity index (χ0) is 11.8. The van der Waals surface area contributed by atoms with Crippen molar-refractivity contribution in [2.75, 3.05) is 5.73 Å². The first kappa shape index (κ1) is 13.4. The summed E-state index contributed by atoms with van der Waals surface area (Å²) in [6.45, 7) is 7.82. The number of nitriles is 1. The molecule has 1 aromatic heterocycles. The van der Waals surface area contributed by atoms with Crippen LogP contribution in [0.2, 0.25) is 0 Å². The Kier molecular flexibility index (Phi) is 6.03. The van der Waals surface area contributed by atoms with Gasteiger partial charge >= 0.3 is 0 Å². The molecular weight excluding hydrogens is 188 g/mol. The van der Waals surface area contributed by atoms with Gasteiger partial charge in [0.1, 0.15) is 23.3 Å². The maximum atomic E-state index is 8.71. The fourth-order valence-electron chi connectivity index (χ4n) is 1.13. The van der Waals surface area contributed by atoms with Gasteiger partial charge in [-0.2, -0.15) is 5.26 Å². The summed E-state index contributed by atoms with van der Waals surface area (Å²) in [7, 11) is 0. The molecule has 0 saturated heterocycles. The summed E-state index contributed by atoms with van der Waals surface area (Å²) in [5.74, 6) is 1.01. The molecule has 0 saturated carbocycles. The molecule has 0 aliphatic carbocycles. The molecular formula is C11H18N4. The maximum Gasteiger partial charge on any atom is 0.145 e. The number of hydrogen-bond acceptors (Lipinski definition) is 4. The number of aromatic nitrogens is 2. The summed E-state index contributed by atoms with van der Waals surface area (Å²) in [6.07, 6.45) is 1.78. The Labute approximate surface area is 91.2 Å². The van der Waals surface area contributed by atoms with Gasteiger partial charge in [-0.05, 0) is 13.3 Å². The summed E-state index contributed by atoms with van der Waals surface area (Å²) in [4.78, 5) is 8.22. The van der Waals surface area contributed by atoms with E-state index in [9.17, 15) is 0 Å². The quantitative estimate of drug-likeness (QED) is 0.805. The van der Waals surface area contributed by atoms with Crippen molar-refractivity contribution in [3.63, 3.8) is 0 Å². The van der Waals surface area contributed by atoms with E-state index < -0.39 is 0 Å². The number of nitrogen functional groups attached to an aromatic ring is 1. The smallest absolute Gasteiger partial charge is 0.145 e. The van der Waals surface area contributed by atoms with Crippen molar-refractivity contribution in [3.05, 3.63) is 17.1 Å². The van der Waals surface area contributed by atoms with Gasteiger partial charge in [0.25, 0.3) is 0 Å².